The highest BCUT2D eigenvalue weighted by Gasteiger charge is 2.71. The minimum atomic E-state index is -0.136. The molecule has 3 spiro atoms. The van der Waals surface area contributed by atoms with Crippen LogP contribution in [0.5, 0.6) is 0 Å². The Kier molecular flexibility index (Phi) is 0.947. The molecular weight excluding hydrogens is 164 g/mol. The molecule has 2 heteroatoms. The monoisotopic (exact) mass is 180 g/mol. The molecule has 0 aromatic heterocycles. The summed E-state index contributed by atoms with van der Waals surface area (Å²) >= 11 is 0. The summed E-state index contributed by atoms with van der Waals surface area (Å²) in [4.78, 5) is 0. The minimum absolute atomic E-state index is 0.0642. The van der Waals surface area contributed by atoms with Crippen LogP contribution in [-0.2, 0) is 4.74 Å². The third kappa shape index (κ3) is 0.861. The smallest absolute Gasteiger partial charge is 0.0979 e. The fourth-order valence-corrected chi connectivity index (χ4v) is 3.40. The summed E-state index contributed by atoms with van der Waals surface area (Å²) in [5.41, 5.74) is 0.795. The van der Waals surface area contributed by atoms with Crippen LogP contribution in [0.15, 0.2) is 0 Å². The van der Waals surface area contributed by atoms with E-state index in [1.54, 1.807) is 0 Å². The van der Waals surface area contributed by atoms with Crippen molar-refractivity contribution in [3.8, 4) is 0 Å². The summed E-state index contributed by atoms with van der Waals surface area (Å²) in [6.45, 7) is 0. The minimum Gasteiger partial charge on any atom is -0.390 e. The van der Waals surface area contributed by atoms with Gasteiger partial charge in [-0.3, -0.25) is 0 Å². The van der Waals surface area contributed by atoms with Gasteiger partial charge in [-0.05, 0) is 43.9 Å². The zero-order chi connectivity index (χ0) is 8.73. The number of hydrogen-bond donors (Lipinski definition) is 1. The Labute approximate surface area is 78.3 Å². The van der Waals surface area contributed by atoms with Gasteiger partial charge >= 0.3 is 0 Å². The lowest BCUT2D eigenvalue weighted by Crippen LogP contribution is -2.39. The molecule has 2 nitrogen and oxygen atoms in total. The topological polar surface area (TPSA) is 29.5 Å². The maximum atomic E-state index is 9.64. The third-order valence-corrected chi connectivity index (χ3v) is 4.54. The van der Waals surface area contributed by atoms with E-state index in [9.17, 15) is 5.11 Å². The molecule has 72 valence electrons. The van der Waals surface area contributed by atoms with Crippen molar-refractivity contribution in [3.63, 3.8) is 0 Å². The zero-order valence-corrected chi connectivity index (χ0v) is 7.88. The quantitative estimate of drug-likeness (QED) is 0.613. The second-order valence-electron chi connectivity index (χ2n) is 5.92. The van der Waals surface area contributed by atoms with Gasteiger partial charge in [-0.1, -0.05) is 0 Å². The average Bonchev–Trinajstić information content (AvgIpc) is 2.96. The van der Waals surface area contributed by atoms with Crippen LogP contribution in [-0.4, -0.2) is 22.4 Å². The van der Waals surface area contributed by atoms with Crippen LogP contribution in [0.3, 0.4) is 0 Å². The number of hydrogen-bond acceptors (Lipinski definition) is 2. The molecule has 1 aliphatic heterocycles. The highest BCUT2D eigenvalue weighted by molar-refractivity contribution is 5.21. The summed E-state index contributed by atoms with van der Waals surface area (Å²) < 4.78 is 6.12. The van der Waals surface area contributed by atoms with Gasteiger partial charge in [0.1, 0.15) is 0 Å². The van der Waals surface area contributed by atoms with E-state index in [-0.39, 0.29) is 17.3 Å². The third-order valence-electron chi connectivity index (χ3n) is 4.54. The number of aliphatic hydroxyl groups excluding tert-OH is 1. The molecule has 1 heterocycles. The Morgan fingerprint density at radius 3 is 2.23 bits per heavy atom. The first-order chi connectivity index (χ1) is 6.16. The Balaban J connectivity index is 1.68. The molecule has 0 aromatic rings. The second-order valence-corrected chi connectivity index (χ2v) is 5.92. The molecule has 2 atom stereocenters. The van der Waals surface area contributed by atoms with Crippen molar-refractivity contribution >= 4 is 0 Å². The van der Waals surface area contributed by atoms with Gasteiger partial charge in [-0.15, -0.1) is 0 Å². The molecule has 0 amide bonds. The van der Waals surface area contributed by atoms with Crippen molar-refractivity contribution in [2.24, 2.45) is 5.41 Å². The van der Waals surface area contributed by atoms with E-state index >= 15 is 0 Å². The van der Waals surface area contributed by atoms with Gasteiger partial charge in [0.2, 0.25) is 0 Å². The van der Waals surface area contributed by atoms with Crippen LogP contribution in [0.25, 0.3) is 0 Å². The Morgan fingerprint density at radius 2 is 1.77 bits per heavy atom. The molecule has 4 aliphatic rings. The Bertz CT molecular complexity index is 256. The van der Waals surface area contributed by atoms with Gasteiger partial charge in [-0.25, -0.2) is 0 Å². The molecule has 4 rings (SSSR count). The predicted octanol–water partition coefficient (Wildman–Crippen LogP) is 1.61. The van der Waals surface area contributed by atoms with Gasteiger partial charge in [0.25, 0.3) is 0 Å². The van der Waals surface area contributed by atoms with E-state index in [4.69, 9.17) is 4.74 Å². The van der Waals surface area contributed by atoms with Crippen molar-refractivity contribution in [2.75, 3.05) is 0 Å². The van der Waals surface area contributed by atoms with Crippen LogP contribution < -0.4 is 0 Å². The highest BCUT2D eigenvalue weighted by atomic mass is 16.6. The molecule has 3 aliphatic carbocycles. The van der Waals surface area contributed by atoms with Gasteiger partial charge in [-0.2, -0.15) is 0 Å². The molecule has 0 bridgehead atoms. The summed E-state index contributed by atoms with van der Waals surface area (Å²) in [5, 5.41) is 9.64. The maximum Gasteiger partial charge on any atom is 0.0979 e. The molecular formula is C11H16O2. The van der Waals surface area contributed by atoms with Crippen LogP contribution in [0.1, 0.15) is 44.9 Å². The molecule has 0 unspecified atom stereocenters. The van der Waals surface area contributed by atoms with Crippen molar-refractivity contribution in [3.05, 3.63) is 0 Å². The van der Waals surface area contributed by atoms with Crippen molar-refractivity contribution < 1.29 is 9.84 Å². The van der Waals surface area contributed by atoms with Crippen LogP contribution >= 0.6 is 0 Å². The molecule has 0 aromatic carbocycles. The van der Waals surface area contributed by atoms with E-state index in [1.165, 1.54) is 32.1 Å². The summed E-state index contributed by atoms with van der Waals surface area (Å²) in [5.74, 6) is 0. The summed E-state index contributed by atoms with van der Waals surface area (Å²) in [6.07, 6.45) is 8.53. The normalized spacial score (nSPS) is 52.8. The SMILES string of the molecule is O[C@@H]1C[C@]12CC1(CC1)CC1(CC1)O2. The van der Waals surface area contributed by atoms with E-state index < -0.39 is 0 Å². The number of rotatable bonds is 0. The van der Waals surface area contributed by atoms with E-state index in [0.29, 0.717) is 5.41 Å². The summed E-state index contributed by atoms with van der Waals surface area (Å²) in [6, 6.07) is 0. The van der Waals surface area contributed by atoms with Crippen molar-refractivity contribution in [1.29, 1.82) is 0 Å². The van der Waals surface area contributed by atoms with Gasteiger partial charge < -0.3 is 9.84 Å². The predicted molar refractivity (Wildman–Crippen MR) is 47.3 cm³/mol. The number of ether oxygens (including phenoxy) is 1. The van der Waals surface area contributed by atoms with Gasteiger partial charge in [0, 0.05) is 6.42 Å². The lowest BCUT2D eigenvalue weighted by atomic mass is 9.86. The molecule has 0 radical (unpaired) electrons. The zero-order valence-electron chi connectivity index (χ0n) is 7.88. The molecule has 3 saturated carbocycles. The van der Waals surface area contributed by atoms with E-state index in [1.807, 2.05) is 0 Å². The summed E-state index contributed by atoms with van der Waals surface area (Å²) in [7, 11) is 0. The molecule has 1 saturated heterocycles. The van der Waals surface area contributed by atoms with E-state index in [2.05, 4.69) is 0 Å². The molecule has 4 fully saturated rings. The van der Waals surface area contributed by atoms with Crippen molar-refractivity contribution in [2.45, 2.75) is 62.3 Å². The van der Waals surface area contributed by atoms with Gasteiger partial charge in [0.05, 0.1) is 17.3 Å². The fourth-order valence-electron chi connectivity index (χ4n) is 3.40. The lowest BCUT2D eigenvalue weighted by Gasteiger charge is -2.37. The van der Waals surface area contributed by atoms with Crippen LogP contribution in [0.4, 0.5) is 0 Å². The van der Waals surface area contributed by atoms with Gasteiger partial charge in [0.15, 0.2) is 0 Å². The van der Waals surface area contributed by atoms with Crippen LogP contribution in [0.2, 0.25) is 0 Å². The first kappa shape index (κ1) is 7.24. The van der Waals surface area contributed by atoms with Crippen molar-refractivity contribution in [1.82, 2.24) is 0 Å². The average molecular weight is 180 g/mol. The second kappa shape index (κ2) is 1.70. The largest absolute Gasteiger partial charge is 0.390 e. The first-order valence-electron chi connectivity index (χ1n) is 5.55. The number of aliphatic hydroxyl groups is 1. The maximum absolute atomic E-state index is 9.64. The van der Waals surface area contributed by atoms with Crippen LogP contribution in [0, 0.1) is 5.41 Å². The first-order valence-corrected chi connectivity index (χ1v) is 5.55. The lowest BCUT2D eigenvalue weighted by molar-refractivity contribution is -0.127. The highest BCUT2D eigenvalue weighted by Crippen LogP contribution is 2.70. The fraction of sp³-hybridized carbons (Fsp3) is 1.00. The Hall–Kier alpha value is -0.0800. The molecule has 1 N–H and O–H groups in total. The molecule has 13 heavy (non-hydrogen) atoms. The standard InChI is InChI=1S/C11H16O2/c12-8-5-11(8)7-9(1-2-9)6-10(13-11)3-4-10/h8,12H,1-7H2/t8-,11+/m1/s1. The van der Waals surface area contributed by atoms with E-state index in [0.717, 1.165) is 12.8 Å². The Morgan fingerprint density at radius 1 is 1.08 bits per heavy atom.